The van der Waals surface area contributed by atoms with Crippen LogP contribution in [0.2, 0.25) is 0 Å². The number of likely N-dealkylation sites (tertiary alicyclic amines) is 1. The highest BCUT2D eigenvalue weighted by atomic mass is 15.1. The maximum Gasteiger partial charge on any atom is 0.0542 e. The minimum atomic E-state index is 0.531. The van der Waals surface area contributed by atoms with E-state index in [1.54, 1.807) is 0 Å². The zero-order valence-electron chi connectivity index (χ0n) is 11.6. The number of piperidine rings is 1. The summed E-state index contributed by atoms with van der Waals surface area (Å²) in [5.41, 5.74) is 7.96. The van der Waals surface area contributed by atoms with E-state index >= 15 is 0 Å². The van der Waals surface area contributed by atoms with Crippen molar-refractivity contribution in [2.24, 2.45) is 17.6 Å². The number of hydrogen-bond acceptors (Lipinski definition) is 3. The molecular weight excluding hydrogens is 222 g/mol. The van der Waals surface area contributed by atoms with Gasteiger partial charge in [0.2, 0.25) is 0 Å². The molecule has 18 heavy (non-hydrogen) atoms. The summed E-state index contributed by atoms with van der Waals surface area (Å²) in [7, 11) is 0. The lowest BCUT2D eigenvalue weighted by molar-refractivity contribution is 0.152. The fourth-order valence-electron chi connectivity index (χ4n) is 2.77. The fraction of sp³-hybridized carbons (Fsp3) is 0.667. The second-order valence-electron chi connectivity index (χ2n) is 5.72. The molecule has 3 nitrogen and oxygen atoms in total. The van der Waals surface area contributed by atoms with Crippen LogP contribution in [-0.2, 0) is 13.1 Å². The molecule has 1 aromatic rings. The van der Waals surface area contributed by atoms with Gasteiger partial charge in [0.1, 0.15) is 0 Å². The number of nitrogens with zero attached hydrogens (tertiary/aromatic N) is 2. The lowest BCUT2D eigenvalue weighted by atomic mass is 9.86. The molecule has 0 atom stereocenters. The monoisotopic (exact) mass is 247 g/mol. The van der Waals surface area contributed by atoms with Crippen LogP contribution in [0.1, 0.15) is 37.9 Å². The lowest BCUT2D eigenvalue weighted by Gasteiger charge is -2.33. The van der Waals surface area contributed by atoms with Crippen molar-refractivity contribution < 1.29 is 0 Å². The summed E-state index contributed by atoms with van der Waals surface area (Å²) in [5.74, 6) is 1.75. The molecule has 2 rings (SSSR count). The normalized spacial score (nSPS) is 18.4. The van der Waals surface area contributed by atoms with Crippen molar-refractivity contribution in [3.63, 3.8) is 0 Å². The first-order valence-electron chi connectivity index (χ1n) is 7.05. The first-order chi connectivity index (χ1) is 8.69. The van der Waals surface area contributed by atoms with Crippen LogP contribution in [0.5, 0.6) is 0 Å². The van der Waals surface area contributed by atoms with Gasteiger partial charge in [0, 0.05) is 19.3 Å². The Hall–Kier alpha value is -0.930. The van der Waals surface area contributed by atoms with Crippen molar-refractivity contribution >= 4 is 0 Å². The quantitative estimate of drug-likeness (QED) is 0.888. The molecular formula is C15H25N3. The Morgan fingerprint density at radius 3 is 2.72 bits per heavy atom. The van der Waals surface area contributed by atoms with Gasteiger partial charge < -0.3 is 5.73 Å². The van der Waals surface area contributed by atoms with Crippen LogP contribution in [0.15, 0.2) is 18.3 Å². The minimum Gasteiger partial charge on any atom is -0.325 e. The van der Waals surface area contributed by atoms with Gasteiger partial charge in [-0.3, -0.25) is 9.88 Å². The van der Waals surface area contributed by atoms with Crippen LogP contribution < -0.4 is 5.73 Å². The van der Waals surface area contributed by atoms with Crippen molar-refractivity contribution in [2.45, 2.75) is 39.8 Å². The predicted molar refractivity (Wildman–Crippen MR) is 75.0 cm³/mol. The van der Waals surface area contributed by atoms with Crippen LogP contribution in [-0.4, -0.2) is 23.0 Å². The molecule has 0 aliphatic carbocycles. The molecule has 0 saturated carbocycles. The highest BCUT2D eigenvalue weighted by Gasteiger charge is 2.21. The van der Waals surface area contributed by atoms with Gasteiger partial charge in [-0.25, -0.2) is 0 Å². The molecule has 0 unspecified atom stereocenters. The number of pyridine rings is 1. The van der Waals surface area contributed by atoms with E-state index < -0.39 is 0 Å². The highest BCUT2D eigenvalue weighted by Crippen LogP contribution is 2.25. The van der Waals surface area contributed by atoms with E-state index in [9.17, 15) is 0 Å². The van der Waals surface area contributed by atoms with Crippen molar-refractivity contribution in [1.29, 1.82) is 0 Å². The molecule has 1 aliphatic heterocycles. The van der Waals surface area contributed by atoms with E-state index in [1.807, 2.05) is 6.20 Å². The zero-order valence-corrected chi connectivity index (χ0v) is 11.6. The topological polar surface area (TPSA) is 42.2 Å². The van der Waals surface area contributed by atoms with Crippen molar-refractivity contribution in [2.75, 3.05) is 13.1 Å². The average molecular weight is 247 g/mol. The maximum atomic E-state index is 5.63. The van der Waals surface area contributed by atoms with E-state index in [1.165, 1.54) is 31.5 Å². The van der Waals surface area contributed by atoms with Gasteiger partial charge in [0.25, 0.3) is 0 Å². The fourth-order valence-corrected chi connectivity index (χ4v) is 2.77. The van der Waals surface area contributed by atoms with E-state index in [0.29, 0.717) is 6.54 Å². The summed E-state index contributed by atoms with van der Waals surface area (Å²) in [6.07, 6.45) is 4.55. The Bertz CT molecular complexity index is 368. The largest absolute Gasteiger partial charge is 0.325 e. The predicted octanol–water partition coefficient (Wildman–Crippen LogP) is 2.41. The minimum absolute atomic E-state index is 0.531. The molecule has 2 heterocycles. The molecule has 0 bridgehead atoms. The summed E-state index contributed by atoms with van der Waals surface area (Å²) in [4.78, 5) is 6.79. The standard InChI is InChI=1S/C15H25N3/c1-12(2)14-4-7-18(8-5-14)11-13-3-6-17-15(9-13)10-16/h3,6,9,12,14H,4-5,7-8,10-11,16H2,1-2H3. The Labute approximate surface area is 110 Å². The number of rotatable bonds is 4. The zero-order chi connectivity index (χ0) is 13.0. The van der Waals surface area contributed by atoms with Gasteiger partial charge in [-0.2, -0.15) is 0 Å². The third kappa shape index (κ3) is 3.53. The van der Waals surface area contributed by atoms with Gasteiger partial charge in [-0.1, -0.05) is 13.8 Å². The summed E-state index contributed by atoms with van der Waals surface area (Å²) >= 11 is 0. The van der Waals surface area contributed by atoms with Gasteiger partial charge >= 0.3 is 0 Å². The Kier molecular flexibility index (Phi) is 4.72. The molecule has 3 heteroatoms. The van der Waals surface area contributed by atoms with E-state index in [0.717, 1.165) is 24.1 Å². The van der Waals surface area contributed by atoms with Crippen molar-refractivity contribution in [3.05, 3.63) is 29.6 Å². The summed E-state index contributed by atoms with van der Waals surface area (Å²) in [5, 5.41) is 0. The average Bonchev–Trinajstić information content (AvgIpc) is 2.39. The number of aromatic nitrogens is 1. The molecule has 0 amide bonds. The Balaban J connectivity index is 1.87. The maximum absolute atomic E-state index is 5.63. The molecule has 0 radical (unpaired) electrons. The number of nitrogens with two attached hydrogens (primary N) is 1. The first-order valence-corrected chi connectivity index (χ1v) is 7.05. The number of hydrogen-bond donors (Lipinski definition) is 1. The summed E-state index contributed by atoms with van der Waals surface area (Å²) in [6, 6.07) is 4.24. The SMILES string of the molecule is CC(C)C1CCN(Cc2ccnc(CN)c2)CC1. The molecule has 1 aromatic heterocycles. The lowest BCUT2D eigenvalue weighted by Crippen LogP contribution is -2.34. The van der Waals surface area contributed by atoms with Crippen molar-refractivity contribution in [3.8, 4) is 0 Å². The Morgan fingerprint density at radius 2 is 2.11 bits per heavy atom. The first kappa shape index (κ1) is 13.5. The smallest absolute Gasteiger partial charge is 0.0542 e. The van der Waals surface area contributed by atoms with E-state index in [2.05, 4.69) is 35.9 Å². The van der Waals surface area contributed by atoms with E-state index in [-0.39, 0.29) is 0 Å². The van der Waals surface area contributed by atoms with Crippen LogP contribution in [0.25, 0.3) is 0 Å². The van der Waals surface area contributed by atoms with Crippen molar-refractivity contribution in [1.82, 2.24) is 9.88 Å². The summed E-state index contributed by atoms with van der Waals surface area (Å²) in [6.45, 7) is 8.71. The van der Waals surface area contributed by atoms with Crippen LogP contribution in [0.3, 0.4) is 0 Å². The second-order valence-corrected chi connectivity index (χ2v) is 5.72. The molecule has 1 fully saturated rings. The molecule has 0 aromatic carbocycles. The molecule has 100 valence electrons. The molecule has 1 saturated heterocycles. The van der Waals surface area contributed by atoms with Gasteiger partial charge in [0.05, 0.1) is 5.69 Å². The third-order valence-corrected chi connectivity index (χ3v) is 4.07. The van der Waals surface area contributed by atoms with Gasteiger partial charge in [0.15, 0.2) is 0 Å². The van der Waals surface area contributed by atoms with Crippen LogP contribution >= 0.6 is 0 Å². The van der Waals surface area contributed by atoms with Gasteiger partial charge in [-0.05, 0) is 55.5 Å². The summed E-state index contributed by atoms with van der Waals surface area (Å²) < 4.78 is 0. The van der Waals surface area contributed by atoms with Crippen LogP contribution in [0, 0.1) is 11.8 Å². The van der Waals surface area contributed by atoms with Gasteiger partial charge in [-0.15, -0.1) is 0 Å². The Morgan fingerprint density at radius 1 is 1.39 bits per heavy atom. The highest BCUT2D eigenvalue weighted by molar-refractivity contribution is 5.16. The van der Waals surface area contributed by atoms with E-state index in [4.69, 9.17) is 5.73 Å². The molecule has 0 spiro atoms. The molecule has 2 N–H and O–H groups in total. The third-order valence-electron chi connectivity index (χ3n) is 4.07. The molecule has 1 aliphatic rings. The second kappa shape index (κ2) is 6.30. The van der Waals surface area contributed by atoms with Crippen LogP contribution in [0.4, 0.5) is 0 Å².